The van der Waals surface area contributed by atoms with E-state index in [-0.39, 0.29) is 10.8 Å². The number of carboxylic acid groups (broad SMARTS) is 1. The molecule has 0 aromatic carbocycles. The molecule has 0 radical (unpaired) electrons. The van der Waals surface area contributed by atoms with Crippen LogP contribution in [0.15, 0.2) is 11.4 Å². The summed E-state index contributed by atoms with van der Waals surface area (Å²) >= 11 is 2.44. The molecule has 2 N–H and O–H groups in total. The Morgan fingerprint density at radius 3 is 2.61 bits per heavy atom. The van der Waals surface area contributed by atoms with Crippen LogP contribution >= 0.6 is 22.7 Å². The van der Waals surface area contributed by atoms with Crippen LogP contribution < -0.4 is 5.32 Å². The second kappa shape index (κ2) is 4.87. The van der Waals surface area contributed by atoms with Crippen molar-refractivity contribution in [2.75, 3.05) is 5.32 Å². The molecule has 1 amide bonds. The van der Waals surface area contributed by atoms with E-state index in [4.69, 9.17) is 5.11 Å². The lowest BCUT2D eigenvalue weighted by atomic mass is 10.3. The lowest BCUT2D eigenvalue weighted by Crippen LogP contribution is -2.11. The third kappa shape index (κ3) is 2.57. The maximum atomic E-state index is 11.8. The molecule has 0 bridgehead atoms. The predicted molar refractivity (Wildman–Crippen MR) is 70.8 cm³/mol. The summed E-state index contributed by atoms with van der Waals surface area (Å²) in [4.78, 5) is 27.0. The molecular formula is C11H10N2O3S2. The van der Waals surface area contributed by atoms with Gasteiger partial charge in [-0.15, -0.1) is 22.7 Å². The van der Waals surface area contributed by atoms with Gasteiger partial charge in [-0.05, 0) is 25.5 Å². The molecule has 7 heteroatoms. The van der Waals surface area contributed by atoms with Crippen molar-refractivity contribution >= 4 is 39.6 Å². The normalized spacial score (nSPS) is 10.3. The van der Waals surface area contributed by atoms with Crippen LogP contribution in [0.2, 0.25) is 0 Å². The number of carbonyl (C=O) groups is 2. The molecule has 0 unspecified atom stereocenters. The number of aryl methyl sites for hydroxylation is 2. The average molecular weight is 282 g/mol. The van der Waals surface area contributed by atoms with Crippen molar-refractivity contribution in [2.45, 2.75) is 13.8 Å². The zero-order valence-corrected chi connectivity index (χ0v) is 11.3. The van der Waals surface area contributed by atoms with Gasteiger partial charge in [0.05, 0.1) is 10.0 Å². The van der Waals surface area contributed by atoms with Gasteiger partial charge in [0.2, 0.25) is 0 Å². The number of anilines is 1. The van der Waals surface area contributed by atoms with Gasteiger partial charge >= 0.3 is 5.97 Å². The monoisotopic (exact) mass is 282 g/mol. The highest BCUT2D eigenvalue weighted by molar-refractivity contribution is 7.18. The SMILES string of the molecule is Cc1nc(C(=O)Nc2cc(C)c(C(=O)O)s2)cs1. The topological polar surface area (TPSA) is 79.3 Å². The Bertz CT molecular complexity index is 616. The smallest absolute Gasteiger partial charge is 0.346 e. The summed E-state index contributed by atoms with van der Waals surface area (Å²) in [6, 6.07) is 1.64. The summed E-state index contributed by atoms with van der Waals surface area (Å²) in [6.07, 6.45) is 0. The van der Waals surface area contributed by atoms with Gasteiger partial charge in [0, 0.05) is 5.38 Å². The van der Waals surface area contributed by atoms with E-state index in [0.717, 1.165) is 16.3 Å². The van der Waals surface area contributed by atoms with Crippen LogP contribution in [-0.2, 0) is 0 Å². The van der Waals surface area contributed by atoms with Crippen LogP contribution in [0, 0.1) is 13.8 Å². The van der Waals surface area contributed by atoms with Crippen molar-refractivity contribution in [1.82, 2.24) is 4.98 Å². The minimum absolute atomic E-state index is 0.236. The zero-order valence-electron chi connectivity index (χ0n) is 9.68. The van der Waals surface area contributed by atoms with Crippen molar-refractivity contribution in [2.24, 2.45) is 0 Å². The minimum Gasteiger partial charge on any atom is -0.477 e. The number of carbonyl (C=O) groups excluding carboxylic acids is 1. The van der Waals surface area contributed by atoms with E-state index in [1.165, 1.54) is 11.3 Å². The summed E-state index contributed by atoms with van der Waals surface area (Å²) in [5, 5.41) is 14.6. The molecule has 0 aliphatic rings. The lowest BCUT2D eigenvalue weighted by molar-refractivity contribution is 0.0701. The number of aromatic nitrogens is 1. The number of nitrogens with zero attached hydrogens (tertiary/aromatic N) is 1. The maximum Gasteiger partial charge on any atom is 0.346 e. The molecule has 5 nitrogen and oxygen atoms in total. The minimum atomic E-state index is -0.984. The summed E-state index contributed by atoms with van der Waals surface area (Å²) in [7, 11) is 0. The highest BCUT2D eigenvalue weighted by Gasteiger charge is 2.15. The molecule has 0 fully saturated rings. The summed E-state index contributed by atoms with van der Waals surface area (Å²) in [6.45, 7) is 3.52. The van der Waals surface area contributed by atoms with Gasteiger partial charge in [0.1, 0.15) is 10.6 Å². The number of amides is 1. The first-order chi connectivity index (χ1) is 8.47. The fourth-order valence-electron chi connectivity index (χ4n) is 1.40. The molecule has 0 atom stereocenters. The highest BCUT2D eigenvalue weighted by Crippen LogP contribution is 2.27. The highest BCUT2D eigenvalue weighted by atomic mass is 32.1. The van der Waals surface area contributed by atoms with E-state index in [0.29, 0.717) is 16.3 Å². The van der Waals surface area contributed by atoms with Crippen molar-refractivity contribution < 1.29 is 14.7 Å². The molecule has 94 valence electrons. The third-order valence-corrected chi connectivity index (χ3v) is 4.11. The third-order valence-electron chi connectivity index (χ3n) is 2.20. The maximum absolute atomic E-state index is 11.8. The molecule has 0 spiro atoms. The van der Waals surface area contributed by atoms with Crippen molar-refractivity contribution in [3.63, 3.8) is 0 Å². The van der Waals surface area contributed by atoms with Crippen LogP contribution in [0.4, 0.5) is 5.00 Å². The standard InChI is InChI=1S/C11H10N2O3S2/c1-5-3-8(18-9(5)11(15)16)13-10(14)7-4-17-6(2)12-7/h3-4H,1-2H3,(H,13,14)(H,15,16). The molecular weight excluding hydrogens is 272 g/mol. The van der Waals surface area contributed by atoms with E-state index in [2.05, 4.69) is 10.3 Å². The molecule has 18 heavy (non-hydrogen) atoms. The number of hydrogen-bond donors (Lipinski definition) is 2. The second-order valence-electron chi connectivity index (χ2n) is 3.63. The van der Waals surface area contributed by atoms with E-state index >= 15 is 0 Å². The quantitative estimate of drug-likeness (QED) is 0.907. The Labute approximate surface area is 111 Å². The van der Waals surface area contributed by atoms with E-state index in [1.807, 2.05) is 6.92 Å². The number of thiophene rings is 1. The van der Waals surface area contributed by atoms with Crippen molar-refractivity contribution in [1.29, 1.82) is 0 Å². The molecule has 0 saturated heterocycles. The number of carboxylic acids is 1. The van der Waals surface area contributed by atoms with Gasteiger partial charge in [-0.2, -0.15) is 0 Å². The largest absolute Gasteiger partial charge is 0.477 e. The predicted octanol–water partition coefficient (Wildman–Crippen LogP) is 2.77. The molecule has 2 heterocycles. The molecule has 2 rings (SSSR count). The Kier molecular flexibility index (Phi) is 3.44. The number of hydrogen-bond acceptors (Lipinski definition) is 5. The molecule has 0 aliphatic carbocycles. The lowest BCUT2D eigenvalue weighted by Gasteiger charge is -1.97. The zero-order chi connectivity index (χ0) is 13.3. The van der Waals surface area contributed by atoms with Crippen LogP contribution in [0.1, 0.15) is 30.7 Å². The number of rotatable bonds is 3. The summed E-state index contributed by atoms with van der Waals surface area (Å²) in [5.74, 6) is -1.31. The fourth-order valence-corrected chi connectivity index (χ4v) is 2.90. The van der Waals surface area contributed by atoms with Gasteiger partial charge < -0.3 is 10.4 Å². The first-order valence-electron chi connectivity index (χ1n) is 5.04. The van der Waals surface area contributed by atoms with Crippen LogP contribution in [-0.4, -0.2) is 22.0 Å². The van der Waals surface area contributed by atoms with E-state index < -0.39 is 5.97 Å². The van der Waals surface area contributed by atoms with Crippen LogP contribution in [0.5, 0.6) is 0 Å². The molecule has 0 saturated carbocycles. The fraction of sp³-hybridized carbons (Fsp3) is 0.182. The Hall–Kier alpha value is -1.73. The van der Waals surface area contributed by atoms with Gasteiger partial charge in [-0.3, -0.25) is 4.79 Å². The van der Waals surface area contributed by atoms with Crippen LogP contribution in [0.3, 0.4) is 0 Å². The van der Waals surface area contributed by atoms with Crippen LogP contribution in [0.25, 0.3) is 0 Å². The number of aromatic carboxylic acids is 1. The molecule has 2 aromatic rings. The number of nitrogens with one attached hydrogen (secondary N) is 1. The Morgan fingerprint density at radius 1 is 1.39 bits per heavy atom. The average Bonchev–Trinajstić information content (AvgIpc) is 2.85. The van der Waals surface area contributed by atoms with Gasteiger partial charge in [-0.1, -0.05) is 0 Å². The number of thiazole rings is 1. The van der Waals surface area contributed by atoms with Gasteiger partial charge in [0.25, 0.3) is 5.91 Å². The van der Waals surface area contributed by atoms with E-state index in [1.54, 1.807) is 18.4 Å². The van der Waals surface area contributed by atoms with E-state index in [9.17, 15) is 9.59 Å². The second-order valence-corrected chi connectivity index (χ2v) is 5.75. The summed E-state index contributed by atoms with van der Waals surface area (Å²) < 4.78 is 0. The Balaban J connectivity index is 2.17. The van der Waals surface area contributed by atoms with Gasteiger partial charge in [0.15, 0.2) is 0 Å². The summed E-state index contributed by atoms with van der Waals surface area (Å²) in [5.41, 5.74) is 0.984. The first-order valence-corrected chi connectivity index (χ1v) is 6.74. The molecule has 2 aromatic heterocycles. The van der Waals surface area contributed by atoms with Gasteiger partial charge in [-0.25, -0.2) is 9.78 Å². The van der Waals surface area contributed by atoms with Crippen molar-refractivity contribution in [3.05, 3.63) is 32.6 Å². The molecule has 0 aliphatic heterocycles. The Morgan fingerprint density at radius 2 is 2.11 bits per heavy atom. The van der Waals surface area contributed by atoms with Crippen molar-refractivity contribution in [3.8, 4) is 0 Å². The first kappa shape index (κ1) is 12.7.